The number of halogens is 1. The SMILES string of the molecule is CNC(c1c(Br)cnn1C(C)C)C(C)C1CC1. The van der Waals surface area contributed by atoms with Crippen molar-refractivity contribution in [3.63, 3.8) is 0 Å². The third kappa shape index (κ3) is 2.58. The fourth-order valence-corrected chi connectivity index (χ4v) is 3.12. The molecule has 0 amide bonds. The Labute approximate surface area is 112 Å². The van der Waals surface area contributed by atoms with Gasteiger partial charge in [0.05, 0.1) is 22.4 Å². The van der Waals surface area contributed by atoms with Crippen LogP contribution in [0.4, 0.5) is 0 Å². The summed E-state index contributed by atoms with van der Waals surface area (Å²) in [5, 5.41) is 7.95. The fraction of sp³-hybridized carbons (Fsp3) is 0.769. The summed E-state index contributed by atoms with van der Waals surface area (Å²) >= 11 is 3.64. The fourth-order valence-electron chi connectivity index (χ4n) is 2.60. The highest BCUT2D eigenvalue weighted by molar-refractivity contribution is 9.10. The van der Waals surface area contributed by atoms with E-state index in [1.165, 1.54) is 18.5 Å². The van der Waals surface area contributed by atoms with Gasteiger partial charge in [0, 0.05) is 6.04 Å². The topological polar surface area (TPSA) is 29.9 Å². The molecule has 0 radical (unpaired) electrons. The molecule has 4 heteroatoms. The maximum absolute atomic E-state index is 4.48. The van der Waals surface area contributed by atoms with Gasteiger partial charge in [-0.05, 0) is 61.5 Å². The maximum atomic E-state index is 4.48. The van der Waals surface area contributed by atoms with Crippen LogP contribution in [0.15, 0.2) is 10.7 Å². The van der Waals surface area contributed by atoms with Gasteiger partial charge >= 0.3 is 0 Å². The van der Waals surface area contributed by atoms with Crippen molar-refractivity contribution in [1.29, 1.82) is 0 Å². The molecule has 96 valence electrons. The Kier molecular flexibility index (Phi) is 3.93. The van der Waals surface area contributed by atoms with Crippen molar-refractivity contribution >= 4 is 15.9 Å². The van der Waals surface area contributed by atoms with E-state index < -0.39 is 0 Å². The highest BCUT2D eigenvalue weighted by Crippen LogP contribution is 2.44. The molecule has 1 aromatic heterocycles. The normalized spacial score (nSPS) is 19.6. The van der Waals surface area contributed by atoms with E-state index in [0.717, 1.165) is 10.4 Å². The average molecular weight is 300 g/mol. The summed E-state index contributed by atoms with van der Waals surface area (Å²) in [6, 6.07) is 0.792. The van der Waals surface area contributed by atoms with E-state index in [2.05, 4.69) is 51.8 Å². The number of nitrogens with one attached hydrogen (secondary N) is 1. The van der Waals surface area contributed by atoms with Gasteiger partial charge < -0.3 is 5.32 Å². The smallest absolute Gasteiger partial charge is 0.0701 e. The summed E-state index contributed by atoms with van der Waals surface area (Å²) in [6.07, 6.45) is 4.68. The standard InChI is InChI=1S/C13H22BrN3/c1-8(2)17-13(11(14)7-16-17)12(15-4)9(3)10-5-6-10/h7-10,12,15H,5-6H2,1-4H3. The molecule has 1 N–H and O–H groups in total. The molecule has 2 unspecified atom stereocenters. The molecular formula is C13H22BrN3. The first-order valence-electron chi connectivity index (χ1n) is 6.46. The molecule has 2 rings (SSSR count). The van der Waals surface area contributed by atoms with E-state index in [1.54, 1.807) is 0 Å². The monoisotopic (exact) mass is 299 g/mol. The highest BCUT2D eigenvalue weighted by Gasteiger charge is 2.35. The highest BCUT2D eigenvalue weighted by atomic mass is 79.9. The van der Waals surface area contributed by atoms with Crippen molar-refractivity contribution < 1.29 is 0 Å². The predicted molar refractivity (Wildman–Crippen MR) is 74.0 cm³/mol. The third-order valence-corrected chi connectivity index (χ3v) is 4.38. The molecule has 3 nitrogen and oxygen atoms in total. The maximum Gasteiger partial charge on any atom is 0.0701 e. The Morgan fingerprint density at radius 3 is 2.53 bits per heavy atom. The van der Waals surface area contributed by atoms with Gasteiger partial charge in [0.2, 0.25) is 0 Å². The van der Waals surface area contributed by atoms with E-state index in [9.17, 15) is 0 Å². The number of hydrogen-bond donors (Lipinski definition) is 1. The van der Waals surface area contributed by atoms with Gasteiger partial charge in [0.15, 0.2) is 0 Å². The first-order valence-corrected chi connectivity index (χ1v) is 7.25. The van der Waals surface area contributed by atoms with Gasteiger partial charge in [-0.15, -0.1) is 0 Å². The molecule has 1 aromatic rings. The van der Waals surface area contributed by atoms with Crippen LogP contribution in [0.25, 0.3) is 0 Å². The quantitative estimate of drug-likeness (QED) is 0.901. The molecule has 1 aliphatic carbocycles. The second-order valence-corrected chi connectivity index (χ2v) is 6.23. The second kappa shape index (κ2) is 5.11. The minimum absolute atomic E-state index is 0.391. The summed E-state index contributed by atoms with van der Waals surface area (Å²) in [6.45, 7) is 6.71. The molecule has 0 bridgehead atoms. The molecule has 17 heavy (non-hydrogen) atoms. The van der Waals surface area contributed by atoms with Gasteiger partial charge in [-0.3, -0.25) is 4.68 Å². The van der Waals surface area contributed by atoms with Crippen molar-refractivity contribution in [2.45, 2.75) is 45.7 Å². The molecule has 0 spiro atoms. The van der Waals surface area contributed by atoms with Crippen LogP contribution in [0.3, 0.4) is 0 Å². The minimum Gasteiger partial charge on any atom is -0.311 e. The first-order chi connectivity index (χ1) is 8.06. The Morgan fingerprint density at radius 2 is 2.06 bits per heavy atom. The average Bonchev–Trinajstić information content (AvgIpc) is 3.05. The molecule has 0 aromatic carbocycles. The molecule has 1 aliphatic rings. The lowest BCUT2D eigenvalue weighted by molar-refractivity contribution is 0.338. The Balaban J connectivity index is 2.31. The van der Waals surface area contributed by atoms with Crippen LogP contribution in [0.5, 0.6) is 0 Å². The summed E-state index contributed by atoms with van der Waals surface area (Å²) in [4.78, 5) is 0. The molecule has 2 atom stereocenters. The molecule has 1 fully saturated rings. The van der Waals surface area contributed by atoms with Crippen molar-refractivity contribution in [3.05, 3.63) is 16.4 Å². The molecule has 1 saturated carbocycles. The number of aromatic nitrogens is 2. The van der Waals surface area contributed by atoms with E-state index in [-0.39, 0.29) is 0 Å². The predicted octanol–water partition coefficient (Wildman–Crippen LogP) is 3.53. The Hall–Kier alpha value is -0.350. The lowest BCUT2D eigenvalue weighted by atomic mass is 9.94. The van der Waals surface area contributed by atoms with Crippen LogP contribution < -0.4 is 5.32 Å². The van der Waals surface area contributed by atoms with Crippen LogP contribution >= 0.6 is 15.9 Å². The second-order valence-electron chi connectivity index (χ2n) is 5.38. The lowest BCUT2D eigenvalue weighted by Crippen LogP contribution is -2.28. The minimum atomic E-state index is 0.391. The third-order valence-electron chi connectivity index (χ3n) is 3.77. The van der Waals surface area contributed by atoms with Crippen molar-refractivity contribution in [2.24, 2.45) is 11.8 Å². The molecule has 0 saturated heterocycles. The Bertz CT molecular complexity index is 382. The molecule has 1 heterocycles. The summed E-state index contributed by atoms with van der Waals surface area (Å²) in [5.74, 6) is 1.56. The zero-order valence-corrected chi connectivity index (χ0v) is 12.7. The van der Waals surface area contributed by atoms with E-state index in [1.807, 2.05) is 13.2 Å². The van der Waals surface area contributed by atoms with Crippen molar-refractivity contribution in [1.82, 2.24) is 15.1 Å². The lowest BCUT2D eigenvalue weighted by Gasteiger charge is -2.26. The first kappa shape index (κ1) is 13.1. The number of nitrogens with zero attached hydrogens (tertiary/aromatic N) is 2. The van der Waals surface area contributed by atoms with Crippen LogP contribution in [-0.4, -0.2) is 16.8 Å². The summed E-state index contributed by atoms with van der Waals surface area (Å²) in [7, 11) is 2.05. The van der Waals surface area contributed by atoms with Crippen LogP contribution in [0.2, 0.25) is 0 Å². The van der Waals surface area contributed by atoms with Crippen LogP contribution in [-0.2, 0) is 0 Å². The largest absolute Gasteiger partial charge is 0.311 e. The summed E-state index contributed by atoms with van der Waals surface area (Å²) < 4.78 is 3.25. The van der Waals surface area contributed by atoms with Gasteiger partial charge in [-0.1, -0.05) is 6.92 Å². The van der Waals surface area contributed by atoms with Gasteiger partial charge in [0.1, 0.15) is 0 Å². The van der Waals surface area contributed by atoms with E-state index >= 15 is 0 Å². The van der Waals surface area contributed by atoms with Gasteiger partial charge in [0.25, 0.3) is 0 Å². The zero-order chi connectivity index (χ0) is 12.6. The number of rotatable bonds is 5. The summed E-state index contributed by atoms with van der Waals surface area (Å²) in [5.41, 5.74) is 1.29. The van der Waals surface area contributed by atoms with Crippen molar-refractivity contribution in [3.8, 4) is 0 Å². The van der Waals surface area contributed by atoms with Crippen LogP contribution in [0.1, 0.15) is 51.4 Å². The van der Waals surface area contributed by atoms with Crippen molar-refractivity contribution in [2.75, 3.05) is 7.05 Å². The zero-order valence-electron chi connectivity index (χ0n) is 11.1. The van der Waals surface area contributed by atoms with E-state index in [4.69, 9.17) is 0 Å². The van der Waals surface area contributed by atoms with Gasteiger partial charge in [-0.25, -0.2) is 0 Å². The van der Waals surface area contributed by atoms with E-state index in [0.29, 0.717) is 18.0 Å². The Morgan fingerprint density at radius 1 is 1.41 bits per heavy atom. The molecule has 0 aliphatic heterocycles. The van der Waals surface area contributed by atoms with Gasteiger partial charge in [-0.2, -0.15) is 5.10 Å². The molecular weight excluding hydrogens is 278 g/mol. The number of hydrogen-bond acceptors (Lipinski definition) is 2. The van der Waals surface area contributed by atoms with Crippen LogP contribution in [0, 0.1) is 11.8 Å².